The SMILES string of the molecule is CCOc1ccc(C(=O)Oc2ccc3ccccc3c2C=NNC(=O)COc2cc(C)ccc2C(C)C)cc1. The highest BCUT2D eigenvalue weighted by atomic mass is 16.5. The summed E-state index contributed by atoms with van der Waals surface area (Å²) in [4.78, 5) is 25.4. The van der Waals surface area contributed by atoms with E-state index < -0.39 is 11.9 Å². The Morgan fingerprint density at radius 2 is 1.69 bits per heavy atom. The van der Waals surface area contributed by atoms with E-state index in [0.717, 1.165) is 21.9 Å². The minimum atomic E-state index is -0.514. The van der Waals surface area contributed by atoms with Crippen LogP contribution >= 0.6 is 0 Å². The number of rotatable bonds is 10. The molecule has 0 saturated heterocycles. The molecule has 0 bridgehead atoms. The number of carbonyl (C=O) groups excluding carboxylic acids is 2. The van der Waals surface area contributed by atoms with Crippen molar-refractivity contribution in [1.29, 1.82) is 0 Å². The third kappa shape index (κ3) is 7.02. The largest absolute Gasteiger partial charge is 0.494 e. The predicted octanol–water partition coefficient (Wildman–Crippen LogP) is 6.42. The van der Waals surface area contributed by atoms with Gasteiger partial charge in [0.05, 0.1) is 18.4 Å². The summed E-state index contributed by atoms with van der Waals surface area (Å²) in [5.41, 5.74) is 5.55. The Kier molecular flexibility index (Phi) is 8.94. The Morgan fingerprint density at radius 1 is 0.923 bits per heavy atom. The summed E-state index contributed by atoms with van der Waals surface area (Å²) in [6, 6.07) is 24.0. The average Bonchev–Trinajstić information content (AvgIpc) is 2.93. The molecule has 0 aliphatic carbocycles. The lowest BCUT2D eigenvalue weighted by atomic mass is 10.0. The van der Waals surface area contributed by atoms with E-state index in [9.17, 15) is 9.59 Å². The number of fused-ring (bicyclic) bond motifs is 1. The average molecular weight is 525 g/mol. The molecule has 0 aliphatic rings. The summed E-state index contributed by atoms with van der Waals surface area (Å²) < 4.78 is 17.0. The second-order valence-electron chi connectivity index (χ2n) is 9.32. The van der Waals surface area contributed by atoms with Crippen LogP contribution in [0.3, 0.4) is 0 Å². The molecule has 4 aromatic carbocycles. The van der Waals surface area contributed by atoms with E-state index in [2.05, 4.69) is 24.4 Å². The number of nitrogens with zero attached hydrogens (tertiary/aromatic N) is 1. The molecule has 39 heavy (non-hydrogen) atoms. The van der Waals surface area contributed by atoms with E-state index in [0.29, 0.717) is 35.0 Å². The second-order valence-corrected chi connectivity index (χ2v) is 9.32. The lowest BCUT2D eigenvalue weighted by Gasteiger charge is -2.14. The first-order valence-electron chi connectivity index (χ1n) is 12.9. The first kappa shape index (κ1) is 27.4. The van der Waals surface area contributed by atoms with Gasteiger partial charge in [0.25, 0.3) is 5.91 Å². The number of benzene rings is 4. The summed E-state index contributed by atoms with van der Waals surface area (Å²) in [5, 5.41) is 5.90. The monoisotopic (exact) mass is 524 g/mol. The van der Waals surface area contributed by atoms with Gasteiger partial charge in [0.2, 0.25) is 0 Å². The molecule has 7 nitrogen and oxygen atoms in total. The van der Waals surface area contributed by atoms with Gasteiger partial charge in [0.15, 0.2) is 6.61 Å². The lowest BCUT2D eigenvalue weighted by Crippen LogP contribution is -2.25. The van der Waals surface area contributed by atoms with Gasteiger partial charge in [-0.15, -0.1) is 0 Å². The van der Waals surface area contributed by atoms with Crippen LogP contribution in [-0.4, -0.2) is 31.3 Å². The Labute approximate surface area is 228 Å². The zero-order valence-corrected chi connectivity index (χ0v) is 22.6. The molecule has 4 rings (SSSR count). The third-order valence-corrected chi connectivity index (χ3v) is 6.07. The highest BCUT2D eigenvalue weighted by Gasteiger charge is 2.14. The maximum Gasteiger partial charge on any atom is 0.343 e. The van der Waals surface area contributed by atoms with E-state index in [1.54, 1.807) is 30.3 Å². The Balaban J connectivity index is 1.49. The molecule has 0 aliphatic heterocycles. The molecule has 0 saturated carbocycles. The van der Waals surface area contributed by atoms with E-state index in [4.69, 9.17) is 14.2 Å². The summed E-state index contributed by atoms with van der Waals surface area (Å²) in [6.45, 7) is 8.38. The zero-order valence-electron chi connectivity index (χ0n) is 22.6. The Morgan fingerprint density at radius 3 is 2.44 bits per heavy atom. The molecule has 1 N–H and O–H groups in total. The molecule has 0 fully saturated rings. The molecule has 7 heteroatoms. The second kappa shape index (κ2) is 12.7. The van der Waals surface area contributed by atoms with Gasteiger partial charge in [-0.3, -0.25) is 4.79 Å². The fourth-order valence-corrected chi connectivity index (χ4v) is 4.10. The normalized spacial score (nSPS) is 11.1. The van der Waals surface area contributed by atoms with Crippen molar-refractivity contribution >= 4 is 28.9 Å². The molecule has 0 heterocycles. The number of hydrazone groups is 1. The molecule has 200 valence electrons. The number of nitrogens with one attached hydrogen (secondary N) is 1. The number of hydrogen-bond donors (Lipinski definition) is 1. The summed E-state index contributed by atoms with van der Waals surface area (Å²) >= 11 is 0. The number of carbonyl (C=O) groups is 2. The minimum Gasteiger partial charge on any atom is -0.494 e. The van der Waals surface area contributed by atoms with Crippen molar-refractivity contribution in [3.05, 3.63) is 101 Å². The van der Waals surface area contributed by atoms with Crippen molar-refractivity contribution < 1.29 is 23.8 Å². The fraction of sp³-hybridized carbons (Fsp3) is 0.219. The molecule has 1 amide bonds. The Hall–Kier alpha value is -4.65. The van der Waals surface area contributed by atoms with Gasteiger partial charge in [-0.2, -0.15) is 5.10 Å². The molecule has 0 atom stereocenters. The number of amides is 1. The van der Waals surface area contributed by atoms with E-state index in [-0.39, 0.29) is 12.5 Å². The topological polar surface area (TPSA) is 86.2 Å². The highest BCUT2D eigenvalue weighted by molar-refractivity contribution is 6.04. The van der Waals surface area contributed by atoms with Crippen LogP contribution in [0.5, 0.6) is 17.2 Å². The highest BCUT2D eigenvalue weighted by Crippen LogP contribution is 2.29. The summed E-state index contributed by atoms with van der Waals surface area (Å²) in [7, 11) is 0. The van der Waals surface area contributed by atoms with Crippen LogP contribution in [-0.2, 0) is 4.79 Å². The van der Waals surface area contributed by atoms with Crippen molar-refractivity contribution in [2.45, 2.75) is 33.6 Å². The van der Waals surface area contributed by atoms with Gasteiger partial charge in [0, 0.05) is 5.56 Å². The minimum absolute atomic E-state index is 0.185. The van der Waals surface area contributed by atoms with Crippen molar-refractivity contribution in [1.82, 2.24) is 5.43 Å². The van der Waals surface area contributed by atoms with Crippen LogP contribution in [0.15, 0.2) is 84.0 Å². The van der Waals surface area contributed by atoms with Crippen LogP contribution < -0.4 is 19.6 Å². The first-order valence-corrected chi connectivity index (χ1v) is 12.9. The number of aryl methyl sites for hydroxylation is 1. The Bertz CT molecular complexity index is 1490. The first-order chi connectivity index (χ1) is 18.9. The lowest BCUT2D eigenvalue weighted by molar-refractivity contribution is -0.123. The molecular weight excluding hydrogens is 492 g/mol. The molecular formula is C32H32N2O5. The van der Waals surface area contributed by atoms with Gasteiger partial charge in [-0.1, -0.05) is 56.3 Å². The van der Waals surface area contributed by atoms with Crippen molar-refractivity contribution in [2.24, 2.45) is 5.10 Å². The van der Waals surface area contributed by atoms with Gasteiger partial charge < -0.3 is 14.2 Å². The van der Waals surface area contributed by atoms with Crippen LogP contribution in [0.1, 0.15) is 53.7 Å². The summed E-state index contributed by atoms with van der Waals surface area (Å²) in [5.74, 6) is 1.02. The number of hydrogen-bond acceptors (Lipinski definition) is 6. The van der Waals surface area contributed by atoms with Crippen molar-refractivity contribution in [3.8, 4) is 17.2 Å². The molecule has 0 spiro atoms. The number of esters is 1. The van der Waals surface area contributed by atoms with Gasteiger partial charge in [-0.05, 0) is 78.1 Å². The van der Waals surface area contributed by atoms with Crippen LogP contribution in [0.4, 0.5) is 0 Å². The molecule has 0 radical (unpaired) electrons. The van der Waals surface area contributed by atoms with E-state index in [1.165, 1.54) is 6.21 Å². The van der Waals surface area contributed by atoms with Gasteiger partial charge in [-0.25, -0.2) is 10.2 Å². The quantitative estimate of drug-likeness (QED) is 0.112. The molecule has 4 aromatic rings. The third-order valence-electron chi connectivity index (χ3n) is 6.07. The summed E-state index contributed by atoms with van der Waals surface area (Å²) in [6.07, 6.45) is 1.48. The fourth-order valence-electron chi connectivity index (χ4n) is 4.10. The zero-order chi connectivity index (χ0) is 27.8. The molecule has 0 unspecified atom stereocenters. The standard InChI is InChI=1S/C32H32N2O5/c1-5-37-25-14-11-24(12-15-25)32(36)39-29-17-13-23-8-6-7-9-27(23)28(29)19-33-34-31(35)20-38-30-18-22(4)10-16-26(30)21(2)3/h6-19,21H,5,20H2,1-4H3,(H,34,35). The van der Waals surface area contributed by atoms with Crippen LogP contribution in [0.25, 0.3) is 10.8 Å². The predicted molar refractivity (Wildman–Crippen MR) is 153 cm³/mol. The maximum atomic E-state index is 12.9. The number of ether oxygens (including phenoxy) is 3. The van der Waals surface area contributed by atoms with Crippen LogP contribution in [0, 0.1) is 6.92 Å². The maximum absolute atomic E-state index is 12.9. The van der Waals surface area contributed by atoms with Crippen molar-refractivity contribution in [3.63, 3.8) is 0 Å². The van der Waals surface area contributed by atoms with E-state index >= 15 is 0 Å². The van der Waals surface area contributed by atoms with Crippen molar-refractivity contribution in [2.75, 3.05) is 13.2 Å². The van der Waals surface area contributed by atoms with Crippen LogP contribution in [0.2, 0.25) is 0 Å². The molecule has 0 aromatic heterocycles. The van der Waals surface area contributed by atoms with Gasteiger partial charge >= 0.3 is 5.97 Å². The van der Waals surface area contributed by atoms with E-state index in [1.807, 2.05) is 62.4 Å². The van der Waals surface area contributed by atoms with Gasteiger partial charge in [0.1, 0.15) is 17.2 Å². The smallest absolute Gasteiger partial charge is 0.343 e.